The summed E-state index contributed by atoms with van der Waals surface area (Å²) in [7, 11) is 0. The molecular weight excluding hydrogens is 186 g/mol. The second-order valence-electron chi connectivity index (χ2n) is 3.53. The molecule has 0 radical (unpaired) electrons. The maximum Gasteiger partial charge on any atom is 0.0794 e. The smallest absolute Gasteiger partial charge is 0.0794 e. The Hall–Kier alpha value is -1.80. The predicted octanol–water partition coefficient (Wildman–Crippen LogP) is 3.19. The number of hydrogen-bond acceptors (Lipinski definition) is 2. The molecule has 1 N–H and O–H groups in total. The number of hydrogen-bond donors (Lipinski definition) is 1. The monoisotopic (exact) mass is 199 g/mol. The van der Waals surface area contributed by atoms with Crippen molar-refractivity contribution in [3.05, 3.63) is 65.9 Å². The summed E-state index contributed by atoms with van der Waals surface area (Å²) in [6.45, 7) is 5.73. The van der Waals surface area contributed by atoms with E-state index in [1.165, 1.54) is 0 Å². The molecule has 0 bridgehead atoms. The molecule has 76 valence electrons. The SMILES string of the molecule is C=C1C=CC(C)=C(c2ccccc2)N1O. The molecule has 2 rings (SSSR count). The van der Waals surface area contributed by atoms with E-state index in [2.05, 4.69) is 6.58 Å². The average Bonchev–Trinajstić information content (AvgIpc) is 2.26. The topological polar surface area (TPSA) is 23.5 Å². The molecule has 0 unspecified atom stereocenters. The van der Waals surface area contributed by atoms with Crippen molar-refractivity contribution in [3.63, 3.8) is 0 Å². The lowest BCUT2D eigenvalue weighted by atomic mass is 10.0. The van der Waals surface area contributed by atoms with Crippen molar-refractivity contribution in [1.29, 1.82) is 0 Å². The normalized spacial score (nSPS) is 16.1. The van der Waals surface area contributed by atoms with Crippen molar-refractivity contribution in [2.75, 3.05) is 0 Å². The summed E-state index contributed by atoms with van der Waals surface area (Å²) in [5.41, 5.74) is 3.39. The fraction of sp³-hybridized carbons (Fsp3) is 0.0769. The zero-order valence-electron chi connectivity index (χ0n) is 8.64. The van der Waals surface area contributed by atoms with Crippen molar-refractivity contribution in [2.24, 2.45) is 0 Å². The molecule has 0 amide bonds. The van der Waals surface area contributed by atoms with Crippen LogP contribution in [0, 0.1) is 0 Å². The van der Waals surface area contributed by atoms with Crippen LogP contribution in [0.3, 0.4) is 0 Å². The molecule has 0 fully saturated rings. The highest BCUT2D eigenvalue weighted by Gasteiger charge is 2.16. The summed E-state index contributed by atoms with van der Waals surface area (Å²) in [5, 5.41) is 11.0. The number of rotatable bonds is 1. The molecule has 1 aromatic carbocycles. The van der Waals surface area contributed by atoms with Gasteiger partial charge in [0.25, 0.3) is 0 Å². The lowest BCUT2D eigenvalue weighted by molar-refractivity contribution is 0.0132. The van der Waals surface area contributed by atoms with Crippen LogP contribution in [-0.2, 0) is 0 Å². The van der Waals surface area contributed by atoms with Gasteiger partial charge in [-0.05, 0) is 18.6 Å². The zero-order chi connectivity index (χ0) is 10.8. The first kappa shape index (κ1) is 9.74. The van der Waals surface area contributed by atoms with Crippen LogP contribution in [0.25, 0.3) is 5.70 Å². The maximum atomic E-state index is 9.89. The van der Waals surface area contributed by atoms with Gasteiger partial charge in [0, 0.05) is 5.56 Å². The van der Waals surface area contributed by atoms with Crippen LogP contribution in [0.2, 0.25) is 0 Å². The molecule has 2 heteroatoms. The van der Waals surface area contributed by atoms with E-state index in [0.29, 0.717) is 5.70 Å². The Balaban J connectivity index is 2.51. The highest BCUT2D eigenvalue weighted by atomic mass is 16.5. The second kappa shape index (κ2) is 3.75. The van der Waals surface area contributed by atoms with Gasteiger partial charge in [-0.3, -0.25) is 5.21 Å². The Labute approximate surface area is 89.4 Å². The molecular formula is C13H13NO. The summed E-state index contributed by atoms with van der Waals surface area (Å²) in [4.78, 5) is 0. The summed E-state index contributed by atoms with van der Waals surface area (Å²) in [6.07, 6.45) is 3.75. The van der Waals surface area contributed by atoms with E-state index in [0.717, 1.165) is 21.9 Å². The Morgan fingerprint density at radius 2 is 1.80 bits per heavy atom. The van der Waals surface area contributed by atoms with Crippen LogP contribution in [0.4, 0.5) is 0 Å². The van der Waals surface area contributed by atoms with E-state index in [1.54, 1.807) is 6.08 Å². The van der Waals surface area contributed by atoms with Gasteiger partial charge in [-0.1, -0.05) is 43.0 Å². The molecule has 1 aromatic rings. The molecule has 0 aliphatic carbocycles. The van der Waals surface area contributed by atoms with Gasteiger partial charge in [0.1, 0.15) is 0 Å². The molecule has 15 heavy (non-hydrogen) atoms. The van der Waals surface area contributed by atoms with Gasteiger partial charge in [-0.15, -0.1) is 0 Å². The second-order valence-corrected chi connectivity index (χ2v) is 3.53. The van der Waals surface area contributed by atoms with Crippen molar-refractivity contribution in [3.8, 4) is 0 Å². The number of nitrogens with zero attached hydrogens (tertiary/aromatic N) is 1. The van der Waals surface area contributed by atoms with Gasteiger partial charge in [-0.2, -0.15) is 0 Å². The molecule has 0 saturated carbocycles. The summed E-state index contributed by atoms with van der Waals surface area (Å²) in [6, 6.07) is 9.78. The molecule has 2 nitrogen and oxygen atoms in total. The lowest BCUT2D eigenvalue weighted by Crippen LogP contribution is -2.18. The first-order chi connectivity index (χ1) is 7.20. The fourth-order valence-electron chi connectivity index (χ4n) is 1.63. The fourth-order valence-corrected chi connectivity index (χ4v) is 1.63. The summed E-state index contributed by atoms with van der Waals surface area (Å²) >= 11 is 0. The quantitative estimate of drug-likeness (QED) is 0.750. The minimum absolute atomic E-state index is 0.583. The van der Waals surface area contributed by atoms with E-state index in [9.17, 15) is 5.21 Å². The van der Waals surface area contributed by atoms with Gasteiger partial charge >= 0.3 is 0 Å². The molecule has 1 aliphatic heterocycles. The first-order valence-corrected chi connectivity index (χ1v) is 4.82. The van der Waals surface area contributed by atoms with Crippen LogP contribution in [0.1, 0.15) is 12.5 Å². The average molecular weight is 199 g/mol. The van der Waals surface area contributed by atoms with Gasteiger partial charge in [0.15, 0.2) is 0 Å². The number of hydroxylamine groups is 2. The van der Waals surface area contributed by atoms with E-state index in [4.69, 9.17) is 0 Å². The van der Waals surface area contributed by atoms with Crippen molar-refractivity contribution >= 4 is 5.70 Å². The van der Waals surface area contributed by atoms with E-state index < -0.39 is 0 Å². The Kier molecular flexibility index (Phi) is 2.44. The van der Waals surface area contributed by atoms with Crippen LogP contribution < -0.4 is 0 Å². The number of benzene rings is 1. The standard InChI is InChI=1S/C13H13NO/c1-10-8-9-11(2)14(15)13(10)12-6-4-3-5-7-12/h3-9,15H,2H2,1H3. The predicted molar refractivity (Wildman–Crippen MR) is 60.9 cm³/mol. The third-order valence-corrected chi connectivity index (χ3v) is 2.43. The molecule has 0 saturated heterocycles. The highest BCUT2D eigenvalue weighted by Crippen LogP contribution is 2.28. The van der Waals surface area contributed by atoms with E-state index in [-0.39, 0.29) is 0 Å². The Morgan fingerprint density at radius 1 is 1.13 bits per heavy atom. The van der Waals surface area contributed by atoms with Crippen LogP contribution in [-0.4, -0.2) is 10.3 Å². The van der Waals surface area contributed by atoms with Crippen LogP contribution in [0.15, 0.2) is 60.3 Å². The molecule has 0 atom stereocenters. The highest BCUT2D eigenvalue weighted by molar-refractivity contribution is 5.71. The lowest BCUT2D eigenvalue weighted by Gasteiger charge is -2.25. The molecule has 1 aliphatic rings. The third kappa shape index (κ3) is 1.72. The van der Waals surface area contributed by atoms with Crippen LogP contribution in [0.5, 0.6) is 0 Å². The van der Waals surface area contributed by atoms with E-state index in [1.807, 2.05) is 43.3 Å². The summed E-state index contributed by atoms with van der Waals surface area (Å²) < 4.78 is 0. The maximum absolute atomic E-state index is 9.89. The van der Waals surface area contributed by atoms with Gasteiger partial charge in [0.2, 0.25) is 0 Å². The number of allylic oxidation sites excluding steroid dienone is 3. The largest absolute Gasteiger partial charge is 0.283 e. The van der Waals surface area contributed by atoms with Gasteiger partial charge < -0.3 is 0 Å². The third-order valence-electron chi connectivity index (χ3n) is 2.43. The zero-order valence-corrected chi connectivity index (χ0v) is 8.64. The minimum Gasteiger partial charge on any atom is -0.283 e. The molecule has 0 spiro atoms. The van der Waals surface area contributed by atoms with Gasteiger partial charge in [-0.25, -0.2) is 5.06 Å². The Morgan fingerprint density at radius 3 is 2.47 bits per heavy atom. The minimum atomic E-state index is 0.583. The molecule has 0 aromatic heterocycles. The first-order valence-electron chi connectivity index (χ1n) is 4.82. The van der Waals surface area contributed by atoms with Crippen molar-refractivity contribution < 1.29 is 5.21 Å². The van der Waals surface area contributed by atoms with Crippen LogP contribution >= 0.6 is 0 Å². The molecule has 1 heterocycles. The van der Waals surface area contributed by atoms with E-state index >= 15 is 0 Å². The van der Waals surface area contributed by atoms with Gasteiger partial charge in [0.05, 0.1) is 11.4 Å². The van der Waals surface area contributed by atoms with Crippen molar-refractivity contribution in [2.45, 2.75) is 6.92 Å². The summed E-state index contributed by atoms with van der Waals surface area (Å²) in [5.74, 6) is 0. The Bertz CT molecular complexity index is 443. The van der Waals surface area contributed by atoms with Crippen molar-refractivity contribution in [1.82, 2.24) is 5.06 Å².